The van der Waals surface area contributed by atoms with Gasteiger partial charge in [-0.05, 0) is 63.3 Å². The van der Waals surface area contributed by atoms with Crippen molar-refractivity contribution in [2.24, 2.45) is 0 Å². The highest BCUT2D eigenvalue weighted by Crippen LogP contribution is 2.31. The zero-order valence-electron chi connectivity index (χ0n) is 14.5. The third-order valence-corrected chi connectivity index (χ3v) is 5.99. The quantitative estimate of drug-likeness (QED) is 0.744. The van der Waals surface area contributed by atoms with E-state index in [1.165, 1.54) is 23.3 Å². The Labute approximate surface area is 151 Å². The summed E-state index contributed by atoms with van der Waals surface area (Å²) in [5.74, 6) is -0.0294. The molecule has 2 aromatic heterocycles. The molecule has 0 unspecified atom stereocenters. The molecule has 1 N–H and O–H groups in total. The fourth-order valence-electron chi connectivity index (χ4n) is 3.42. The van der Waals surface area contributed by atoms with Gasteiger partial charge >= 0.3 is 0 Å². The molecule has 2 heterocycles. The van der Waals surface area contributed by atoms with E-state index in [9.17, 15) is 4.79 Å². The topological polar surface area (TPSA) is 46.9 Å². The monoisotopic (exact) mass is 351 g/mol. The molecule has 0 atom stereocenters. The minimum Gasteiger partial charge on any atom is -0.318 e. The highest BCUT2D eigenvalue weighted by atomic mass is 32.1. The summed E-state index contributed by atoms with van der Waals surface area (Å²) in [5.41, 5.74) is 4.93. The van der Waals surface area contributed by atoms with E-state index in [4.69, 9.17) is 0 Å². The third kappa shape index (κ3) is 3.00. The van der Waals surface area contributed by atoms with E-state index < -0.39 is 0 Å². The van der Waals surface area contributed by atoms with Crippen molar-refractivity contribution in [3.05, 3.63) is 63.1 Å². The van der Waals surface area contributed by atoms with Crippen LogP contribution in [0.2, 0.25) is 0 Å². The molecule has 0 fully saturated rings. The van der Waals surface area contributed by atoms with Crippen molar-refractivity contribution in [2.45, 2.75) is 39.5 Å². The molecule has 1 amide bonds. The Morgan fingerprint density at radius 1 is 1.16 bits per heavy atom. The van der Waals surface area contributed by atoms with Crippen LogP contribution in [0.1, 0.15) is 44.3 Å². The number of hydrogen-bond acceptors (Lipinski definition) is 3. The van der Waals surface area contributed by atoms with Gasteiger partial charge in [0.15, 0.2) is 0 Å². The number of fused-ring (bicyclic) bond motifs is 1. The van der Waals surface area contributed by atoms with Crippen LogP contribution in [0.3, 0.4) is 0 Å². The van der Waals surface area contributed by atoms with Crippen LogP contribution in [-0.2, 0) is 12.8 Å². The molecular weight excluding hydrogens is 330 g/mol. The van der Waals surface area contributed by atoms with Crippen LogP contribution in [0.25, 0.3) is 5.69 Å². The van der Waals surface area contributed by atoms with Gasteiger partial charge in [0.1, 0.15) is 0 Å². The second-order valence-corrected chi connectivity index (χ2v) is 7.65. The number of nitrogens with zero attached hydrogens (tertiary/aromatic N) is 2. The van der Waals surface area contributed by atoms with Gasteiger partial charge in [0.2, 0.25) is 0 Å². The average Bonchev–Trinajstić information content (AvgIpc) is 3.19. The van der Waals surface area contributed by atoms with E-state index in [1.54, 1.807) is 11.3 Å². The fourth-order valence-corrected chi connectivity index (χ4v) is 4.57. The molecule has 4 rings (SSSR count). The van der Waals surface area contributed by atoms with Crippen LogP contribution < -0.4 is 5.32 Å². The van der Waals surface area contributed by atoms with E-state index in [1.807, 2.05) is 48.9 Å². The van der Waals surface area contributed by atoms with Crippen molar-refractivity contribution in [1.29, 1.82) is 0 Å². The van der Waals surface area contributed by atoms with Crippen molar-refractivity contribution in [3.63, 3.8) is 0 Å². The first-order chi connectivity index (χ1) is 12.1. The summed E-state index contributed by atoms with van der Waals surface area (Å²) < 4.78 is 1.88. The number of aryl methyl sites for hydroxylation is 3. The first-order valence-corrected chi connectivity index (χ1v) is 9.49. The largest absolute Gasteiger partial charge is 0.318 e. The van der Waals surface area contributed by atoms with Crippen LogP contribution >= 0.6 is 11.3 Å². The molecule has 0 bridgehead atoms. The van der Waals surface area contributed by atoms with Crippen LogP contribution in [0, 0.1) is 13.8 Å². The maximum Gasteiger partial charge on any atom is 0.265 e. The van der Waals surface area contributed by atoms with Gasteiger partial charge in [-0.15, -0.1) is 11.3 Å². The van der Waals surface area contributed by atoms with Crippen LogP contribution in [0.5, 0.6) is 0 Å². The standard InChI is InChI=1S/C20H21N3OS/c1-13-19(14(2)23(22-13)16-9-4-3-5-10-16)21-20(24)18-12-15-8-6-7-11-17(15)25-18/h3-5,9-10,12H,6-8,11H2,1-2H3,(H,21,24). The van der Waals surface area contributed by atoms with Crippen molar-refractivity contribution < 1.29 is 4.79 Å². The number of nitrogens with one attached hydrogen (secondary N) is 1. The van der Waals surface area contributed by atoms with Crippen molar-refractivity contribution in [1.82, 2.24) is 9.78 Å². The highest BCUT2D eigenvalue weighted by molar-refractivity contribution is 7.14. The number of amides is 1. The summed E-state index contributed by atoms with van der Waals surface area (Å²) in [4.78, 5) is 14.9. The molecule has 0 radical (unpaired) electrons. The summed E-state index contributed by atoms with van der Waals surface area (Å²) >= 11 is 1.64. The second kappa shape index (κ2) is 6.48. The van der Waals surface area contributed by atoms with Crippen molar-refractivity contribution in [2.75, 3.05) is 5.32 Å². The molecule has 1 aliphatic carbocycles. The number of rotatable bonds is 3. The Morgan fingerprint density at radius 2 is 1.92 bits per heavy atom. The number of carbonyl (C=O) groups is 1. The highest BCUT2D eigenvalue weighted by Gasteiger charge is 2.20. The third-order valence-electron chi connectivity index (χ3n) is 4.75. The lowest BCUT2D eigenvalue weighted by molar-refractivity contribution is 0.103. The van der Waals surface area contributed by atoms with E-state index in [-0.39, 0.29) is 5.91 Å². The molecule has 1 aliphatic rings. The normalized spacial score (nSPS) is 13.5. The summed E-state index contributed by atoms with van der Waals surface area (Å²) in [5, 5.41) is 7.68. The zero-order chi connectivity index (χ0) is 17.4. The van der Waals surface area contributed by atoms with Crippen molar-refractivity contribution >= 4 is 22.9 Å². The fraction of sp³-hybridized carbons (Fsp3) is 0.300. The number of anilines is 1. The molecule has 25 heavy (non-hydrogen) atoms. The molecule has 5 heteroatoms. The van der Waals surface area contributed by atoms with E-state index in [0.29, 0.717) is 0 Å². The predicted octanol–water partition coefficient (Wildman–Crippen LogP) is 4.68. The van der Waals surface area contributed by atoms with E-state index in [2.05, 4.69) is 16.5 Å². The maximum atomic E-state index is 12.7. The number of carbonyl (C=O) groups excluding carboxylic acids is 1. The maximum absolute atomic E-state index is 12.7. The van der Waals surface area contributed by atoms with Gasteiger partial charge in [-0.1, -0.05) is 18.2 Å². The van der Waals surface area contributed by atoms with Crippen molar-refractivity contribution in [3.8, 4) is 5.69 Å². The van der Waals surface area contributed by atoms with Gasteiger partial charge in [-0.3, -0.25) is 4.79 Å². The molecule has 128 valence electrons. The Balaban J connectivity index is 1.61. The number of aromatic nitrogens is 2. The Hall–Kier alpha value is -2.40. The lowest BCUT2D eigenvalue weighted by Gasteiger charge is -2.08. The van der Waals surface area contributed by atoms with Gasteiger partial charge in [0.25, 0.3) is 5.91 Å². The summed E-state index contributed by atoms with van der Waals surface area (Å²) in [6, 6.07) is 12.0. The minimum atomic E-state index is -0.0294. The first-order valence-electron chi connectivity index (χ1n) is 8.68. The molecular formula is C20H21N3OS. The van der Waals surface area contributed by atoms with E-state index in [0.717, 1.165) is 40.5 Å². The summed E-state index contributed by atoms with van der Waals surface area (Å²) in [6.45, 7) is 3.92. The zero-order valence-corrected chi connectivity index (χ0v) is 15.3. The van der Waals surface area contributed by atoms with Crippen LogP contribution in [0.4, 0.5) is 5.69 Å². The molecule has 1 aromatic carbocycles. The molecule has 0 spiro atoms. The smallest absolute Gasteiger partial charge is 0.265 e. The molecule has 3 aromatic rings. The Bertz CT molecular complexity index is 901. The van der Waals surface area contributed by atoms with E-state index >= 15 is 0 Å². The lowest BCUT2D eigenvalue weighted by Crippen LogP contribution is -2.11. The van der Waals surface area contributed by atoms with Gasteiger partial charge in [0.05, 0.1) is 27.6 Å². The SMILES string of the molecule is Cc1nn(-c2ccccc2)c(C)c1NC(=O)c1cc2c(s1)CCCC2. The van der Waals surface area contributed by atoms with Crippen LogP contribution in [0.15, 0.2) is 36.4 Å². The minimum absolute atomic E-state index is 0.0294. The second-order valence-electron chi connectivity index (χ2n) is 6.51. The molecule has 0 aliphatic heterocycles. The summed E-state index contributed by atoms with van der Waals surface area (Å²) in [6.07, 6.45) is 4.67. The Kier molecular flexibility index (Phi) is 4.17. The predicted molar refractivity (Wildman–Crippen MR) is 102 cm³/mol. The molecule has 0 saturated heterocycles. The number of thiophene rings is 1. The molecule has 4 nitrogen and oxygen atoms in total. The molecule has 0 saturated carbocycles. The van der Waals surface area contributed by atoms with Gasteiger partial charge < -0.3 is 5.32 Å². The number of hydrogen-bond donors (Lipinski definition) is 1. The number of para-hydroxylation sites is 1. The first kappa shape index (κ1) is 16.1. The average molecular weight is 351 g/mol. The van der Waals surface area contributed by atoms with Gasteiger partial charge in [-0.25, -0.2) is 4.68 Å². The van der Waals surface area contributed by atoms with Gasteiger partial charge in [-0.2, -0.15) is 5.10 Å². The van der Waals surface area contributed by atoms with Gasteiger partial charge in [0, 0.05) is 4.88 Å². The Morgan fingerprint density at radius 3 is 2.68 bits per heavy atom. The number of benzene rings is 1. The lowest BCUT2D eigenvalue weighted by atomic mass is 9.99. The summed E-state index contributed by atoms with van der Waals surface area (Å²) in [7, 11) is 0. The van der Waals surface area contributed by atoms with Crippen LogP contribution in [-0.4, -0.2) is 15.7 Å².